The lowest BCUT2D eigenvalue weighted by molar-refractivity contribution is 0.244. The molecule has 22 heavy (non-hydrogen) atoms. The van der Waals surface area contributed by atoms with E-state index in [0.717, 1.165) is 43.2 Å². The molecule has 3 rings (SSSR count). The summed E-state index contributed by atoms with van der Waals surface area (Å²) in [4.78, 5) is 2.44. The van der Waals surface area contributed by atoms with Crippen molar-refractivity contribution >= 4 is 5.69 Å². The largest absolute Gasteiger partial charge is 0.493 e. The van der Waals surface area contributed by atoms with E-state index in [4.69, 9.17) is 15.2 Å². The van der Waals surface area contributed by atoms with Crippen LogP contribution in [-0.2, 0) is 19.5 Å². The molecule has 0 atom stereocenters. The van der Waals surface area contributed by atoms with Gasteiger partial charge in [-0.1, -0.05) is 12.1 Å². The molecule has 2 aromatic rings. The number of anilines is 1. The second-order valence-electron chi connectivity index (χ2n) is 5.68. The fraction of sp³-hybridized carbons (Fsp3) is 0.333. The Bertz CT molecular complexity index is 653. The summed E-state index contributed by atoms with van der Waals surface area (Å²) >= 11 is 0. The standard InChI is InChI=1S/C18H22N2O2/c1-21-17-9-14-7-8-20(12-15(14)10-18(17)22-2)11-13-3-5-16(19)6-4-13/h3-6,9-10H,7-8,11-12,19H2,1-2H3. The van der Waals surface area contributed by atoms with E-state index < -0.39 is 0 Å². The minimum Gasteiger partial charge on any atom is -0.493 e. The molecule has 1 aliphatic rings. The molecule has 0 fully saturated rings. The van der Waals surface area contributed by atoms with Crippen LogP contribution in [0, 0.1) is 0 Å². The Morgan fingerprint density at radius 3 is 2.27 bits per heavy atom. The van der Waals surface area contributed by atoms with Gasteiger partial charge >= 0.3 is 0 Å². The molecule has 1 aliphatic heterocycles. The molecule has 4 heteroatoms. The van der Waals surface area contributed by atoms with Crippen LogP contribution in [0.5, 0.6) is 11.5 Å². The lowest BCUT2D eigenvalue weighted by Crippen LogP contribution is -2.30. The summed E-state index contributed by atoms with van der Waals surface area (Å²) < 4.78 is 10.8. The minimum absolute atomic E-state index is 0.801. The van der Waals surface area contributed by atoms with Crippen LogP contribution in [0.2, 0.25) is 0 Å². The monoisotopic (exact) mass is 298 g/mol. The van der Waals surface area contributed by atoms with E-state index in [9.17, 15) is 0 Å². The van der Waals surface area contributed by atoms with Crippen LogP contribution < -0.4 is 15.2 Å². The zero-order valence-corrected chi connectivity index (χ0v) is 13.1. The molecule has 0 amide bonds. The smallest absolute Gasteiger partial charge is 0.161 e. The molecular formula is C18H22N2O2. The Hall–Kier alpha value is -2.20. The van der Waals surface area contributed by atoms with Gasteiger partial charge in [0.2, 0.25) is 0 Å². The normalized spacial score (nSPS) is 14.5. The summed E-state index contributed by atoms with van der Waals surface area (Å²) in [5, 5.41) is 0. The first kappa shape index (κ1) is 14.7. The fourth-order valence-electron chi connectivity index (χ4n) is 2.96. The summed E-state index contributed by atoms with van der Waals surface area (Å²) in [6.07, 6.45) is 1.03. The first-order valence-electron chi connectivity index (χ1n) is 7.50. The Morgan fingerprint density at radius 2 is 1.64 bits per heavy atom. The van der Waals surface area contributed by atoms with Gasteiger partial charge in [-0.2, -0.15) is 0 Å². The van der Waals surface area contributed by atoms with Crippen LogP contribution >= 0.6 is 0 Å². The molecule has 4 nitrogen and oxygen atoms in total. The number of hydrogen-bond acceptors (Lipinski definition) is 4. The summed E-state index contributed by atoms with van der Waals surface area (Å²) in [6, 6.07) is 12.3. The number of methoxy groups -OCH3 is 2. The van der Waals surface area contributed by atoms with Gasteiger partial charge in [0, 0.05) is 25.3 Å². The zero-order chi connectivity index (χ0) is 15.5. The third kappa shape index (κ3) is 3.02. The van der Waals surface area contributed by atoms with Crippen molar-refractivity contribution in [1.82, 2.24) is 4.90 Å². The zero-order valence-electron chi connectivity index (χ0n) is 13.1. The maximum atomic E-state index is 5.74. The first-order valence-corrected chi connectivity index (χ1v) is 7.50. The van der Waals surface area contributed by atoms with E-state index in [1.54, 1.807) is 14.2 Å². The van der Waals surface area contributed by atoms with Gasteiger partial charge in [0.1, 0.15) is 0 Å². The van der Waals surface area contributed by atoms with Crippen molar-refractivity contribution in [3.8, 4) is 11.5 Å². The van der Waals surface area contributed by atoms with Crippen molar-refractivity contribution in [2.24, 2.45) is 0 Å². The maximum Gasteiger partial charge on any atom is 0.161 e. The topological polar surface area (TPSA) is 47.7 Å². The number of hydrogen-bond donors (Lipinski definition) is 1. The average molecular weight is 298 g/mol. The molecule has 0 aliphatic carbocycles. The quantitative estimate of drug-likeness (QED) is 0.882. The fourth-order valence-corrected chi connectivity index (χ4v) is 2.96. The lowest BCUT2D eigenvalue weighted by atomic mass is 9.98. The van der Waals surface area contributed by atoms with Gasteiger partial charge in [0.15, 0.2) is 11.5 Å². The van der Waals surface area contributed by atoms with Crippen LogP contribution in [-0.4, -0.2) is 25.7 Å². The van der Waals surface area contributed by atoms with Crippen molar-refractivity contribution < 1.29 is 9.47 Å². The third-order valence-electron chi connectivity index (χ3n) is 4.18. The van der Waals surface area contributed by atoms with Gasteiger partial charge in [-0.05, 0) is 47.4 Å². The van der Waals surface area contributed by atoms with E-state index in [-0.39, 0.29) is 0 Å². The van der Waals surface area contributed by atoms with Crippen LogP contribution in [0.25, 0.3) is 0 Å². The van der Waals surface area contributed by atoms with Crippen molar-refractivity contribution in [1.29, 1.82) is 0 Å². The molecule has 0 saturated carbocycles. The minimum atomic E-state index is 0.801. The summed E-state index contributed by atoms with van der Waals surface area (Å²) in [5.74, 6) is 1.61. The molecule has 2 aromatic carbocycles. The van der Waals surface area contributed by atoms with Crippen molar-refractivity contribution in [2.45, 2.75) is 19.5 Å². The van der Waals surface area contributed by atoms with Gasteiger partial charge < -0.3 is 15.2 Å². The van der Waals surface area contributed by atoms with Gasteiger partial charge in [0.25, 0.3) is 0 Å². The maximum absolute atomic E-state index is 5.74. The van der Waals surface area contributed by atoms with Crippen LogP contribution in [0.15, 0.2) is 36.4 Å². The second kappa shape index (κ2) is 6.28. The summed E-state index contributed by atoms with van der Waals surface area (Å²) in [6.45, 7) is 2.92. The van der Waals surface area contributed by atoms with Crippen molar-refractivity contribution in [3.05, 3.63) is 53.1 Å². The first-order chi connectivity index (χ1) is 10.7. The molecule has 116 valence electrons. The SMILES string of the molecule is COc1cc2c(cc1OC)CN(Cc1ccc(N)cc1)CC2. The molecule has 0 spiro atoms. The number of ether oxygens (including phenoxy) is 2. The Balaban J connectivity index is 1.76. The number of benzene rings is 2. The van der Waals surface area contributed by atoms with Crippen LogP contribution in [0.4, 0.5) is 5.69 Å². The molecule has 0 unspecified atom stereocenters. The highest BCUT2D eigenvalue weighted by atomic mass is 16.5. The third-order valence-corrected chi connectivity index (χ3v) is 4.18. The van der Waals surface area contributed by atoms with Crippen molar-refractivity contribution in [2.75, 3.05) is 26.5 Å². The molecule has 0 bridgehead atoms. The average Bonchev–Trinajstić information content (AvgIpc) is 2.55. The molecular weight excluding hydrogens is 276 g/mol. The predicted molar refractivity (Wildman–Crippen MR) is 88.2 cm³/mol. The molecule has 1 heterocycles. The highest BCUT2D eigenvalue weighted by Gasteiger charge is 2.19. The van der Waals surface area contributed by atoms with E-state index in [2.05, 4.69) is 29.2 Å². The molecule has 0 radical (unpaired) electrons. The molecule has 0 aromatic heterocycles. The van der Waals surface area contributed by atoms with E-state index in [0.29, 0.717) is 0 Å². The van der Waals surface area contributed by atoms with E-state index >= 15 is 0 Å². The summed E-state index contributed by atoms with van der Waals surface area (Å²) in [7, 11) is 3.36. The number of nitrogen functional groups attached to an aromatic ring is 1. The highest BCUT2D eigenvalue weighted by Crippen LogP contribution is 2.33. The number of fused-ring (bicyclic) bond motifs is 1. The van der Waals surface area contributed by atoms with E-state index in [1.165, 1.54) is 16.7 Å². The van der Waals surface area contributed by atoms with Crippen LogP contribution in [0.1, 0.15) is 16.7 Å². The summed E-state index contributed by atoms with van der Waals surface area (Å²) in [5.41, 5.74) is 10.5. The number of nitrogens with two attached hydrogens (primary N) is 1. The Labute approximate surface area is 131 Å². The van der Waals surface area contributed by atoms with Gasteiger partial charge in [-0.3, -0.25) is 4.90 Å². The van der Waals surface area contributed by atoms with Gasteiger partial charge in [-0.25, -0.2) is 0 Å². The second-order valence-corrected chi connectivity index (χ2v) is 5.68. The highest BCUT2D eigenvalue weighted by molar-refractivity contribution is 5.48. The molecule has 2 N–H and O–H groups in total. The van der Waals surface area contributed by atoms with Crippen molar-refractivity contribution in [3.63, 3.8) is 0 Å². The predicted octanol–water partition coefficient (Wildman–Crippen LogP) is 2.84. The number of rotatable bonds is 4. The lowest BCUT2D eigenvalue weighted by Gasteiger charge is -2.29. The Morgan fingerprint density at radius 1 is 1.00 bits per heavy atom. The van der Waals surface area contributed by atoms with E-state index in [1.807, 2.05) is 12.1 Å². The Kier molecular flexibility index (Phi) is 4.20. The number of nitrogens with zero attached hydrogens (tertiary/aromatic N) is 1. The van der Waals surface area contributed by atoms with Gasteiger partial charge in [0.05, 0.1) is 14.2 Å². The van der Waals surface area contributed by atoms with Gasteiger partial charge in [-0.15, -0.1) is 0 Å². The van der Waals surface area contributed by atoms with Crippen LogP contribution in [0.3, 0.4) is 0 Å². The molecule has 0 saturated heterocycles.